The normalized spacial score (nSPS) is 15.4. The average molecular weight is 250 g/mol. The van der Waals surface area contributed by atoms with Gasteiger partial charge in [-0.3, -0.25) is 11.3 Å². The SMILES string of the molecule is CCOC(C)C(NN)c1ccc(C(C)(C)C)cc1. The summed E-state index contributed by atoms with van der Waals surface area (Å²) in [6, 6.07) is 8.61. The topological polar surface area (TPSA) is 47.3 Å². The van der Waals surface area contributed by atoms with Crippen LogP contribution in [0, 0.1) is 0 Å². The average Bonchev–Trinajstić information content (AvgIpc) is 2.30. The summed E-state index contributed by atoms with van der Waals surface area (Å²) < 4.78 is 5.60. The van der Waals surface area contributed by atoms with E-state index in [1.807, 2.05) is 13.8 Å². The van der Waals surface area contributed by atoms with Crippen LogP contribution in [0.2, 0.25) is 0 Å². The molecule has 0 aliphatic rings. The molecule has 0 saturated heterocycles. The number of nitrogens with one attached hydrogen (secondary N) is 1. The fourth-order valence-corrected chi connectivity index (χ4v) is 2.05. The number of rotatable bonds is 5. The van der Waals surface area contributed by atoms with E-state index >= 15 is 0 Å². The monoisotopic (exact) mass is 250 g/mol. The van der Waals surface area contributed by atoms with Crippen molar-refractivity contribution in [1.29, 1.82) is 0 Å². The number of nitrogens with two attached hydrogens (primary N) is 1. The summed E-state index contributed by atoms with van der Waals surface area (Å²) in [4.78, 5) is 0. The summed E-state index contributed by atoms with van der Waals surface area (Å²) in [7, 11) is 0. The van der Waals surface area contributed by atoms with Gasteiger partial charge < -0.3 is 4.74 Å². The lowest BCUT2D eigenvalue weighted by Gasteiger charge is -2.25. The second kappa shape index (κ2) is 6.32. The summed E-state index contributed by atoms with van der Waals surface area (Å²) in [6.07, 6.45) is 0.0560. The van der Waals surface area contributed by atoms with E-state index in [0.717, 1.165) is 5.56 Å². The Morgan fingerprint density at radius 2 is 1.78 bits per heavy atom. The van der Waals surface area contributed by atoms with Crippen molar-refractivity contribution in [3.05, 3.63) is 35.4 Å². The summed E-state index contributed by atoms with van der Waals surface area (Å²) >= 11 is 0. The Morgan fingerprint density at radius 1 is 1.22 bits per heavy atom. The lowest BCUT2D eigenvalue weighted by atomic mass is 9.86. The van der Waals surface area contributed by atoms with Gasteiger partial charge in [-0.25, -0.2) is 0 Å². The molecule has 3 nitrogen and oxygen atoms in total. The van der Waals surface area contributed by atoms with Gasteiger partial charge in [0.15, 0.2) is 0 Å². The number of benzene rings is 1. The molecule has 1 aromatic rings. The van der Waals surface area contributed by atoms with Gasteiger partial charge in [-0.2, -0.15) is 0 Å². The van der Waals surface area contributed by atoms with Crippen molar-refractivity contribution in [2.45, 2.75) is 52.2 Å². The van der Waals surface area contributed by atoms with Gasteiger partial charge in [0.25, 0.3) is 0 Å². The van der Waals surface area contributed by atoms with Crippen LogP contribution < -0.4 is 11.3 Å². The number of hydrogen-bond acceptors (Lipinski definition) is 3. The summed E-state index contributed by atoms with van der Waals surface area (Å²) in [5.41, 5.74) is 5.50. The first-order valence-electron chi connectivity index (χ1n) is 6.58. The van der Waals surface area contributed by atoms with Crippen molar-refractivity contribution in [3.63, 3.8) is 0 Å². The molecular weight excluding hydrogens is 224 g/mol. The Balaban J connectivity index is 2.88. The van der Waals surface area contributed by atoms with Crippen LogP contribution in [0.4, 0.5) is 0 Å². The molecule has 102 valence electrons. The number of hydrogen-bond donors (Lipinski definition) is 2. The van der Waals surface area contributed by atoms with Crippen molar-refractivity contribution in [2.24, 2.45) is 5.84 Å². The van der Waals surface area contributed by atoms with Crippen molar-refractivity contribution in [2.75, 3.05) is 6.61 Å². The van der Waals surface area contributed by atoms with Gasteiger partial charge in [0.2, 0.25) is 0 Å². The van der Waals surface area contributed by atoms with E-state index in [1.54, 1.807) is 0 Å². The summed E-state index contributed by atoms with van der Waals surface area (Å²) in [5, 5.41) is 0. The molecule has 0 spiro atoms. The maximum atomic E-state index is 5.63. The summed E-state index contributed by atoms with van der Waals surface area (Å²) in [6.45, 7) is 11.4. The maximum Gasteiger partial charge on any atom is 0.0754 e. The molecule has 0 amide bonds. The number of ether oxygens (including phenoxy) is 1. The second-order valence-corrected chi connectivity index (χ2v) is 5.68. The zero-order valence-corrected chi connectivity index (χ0v) is 12.2. The van der Waals surface area contributed by atoms with Crippen LogP contribution in [-0.4, -0.2) is 12.7 Å². The van der Waals surface area contributed by atoms with Crippen LogP contribution in [0.5, 0.6) is 0 Å². The lowest BCUT2D eigenvalue weighted by molar-refractivity contribution is 0.0472. The quantitative estimate of drug-likeness (QED) is 0.624. The Hall–Kier alpha value is -0.900. The molecule has 2 atom stereocenters. The highest BCUT2D eigenvalue weighted by atomic mass is 16.5. The van der Waals surface area contributed by atoms with Gasteiger partial charge in [0.05, 0.1) is 12.1 Å². The van der Waals surface area contributed by atoms with Crippen molar-refractivity contribution >= 4 is 0 Å². The van der Waals surface area contributed by atoms with Gasteiger partial charge in [0, 0.05) is 6.61 Å². The second-order valence-electron chi connectivity index (χ2n) is 5.68. The van der Waals surface area contributed by atoms with E-state index in [1.165, 1.54) is 5.56 Å². The van der Waals surface area contributed by atoms with Gasteiger partial charge in [-0.15, -0.1) is 0 Å². The van der Waals surface area contributed by atoms with E-state index in [4.69, 9.17) is 10.6 Å². The van der Waals surface area contributed by atoms with Gasteiger partial charge in [-0.1, -0.05) is 45.0 Å². The third-order valence-corrected chi connectivity index (χ3v) is 3.21. The molecule has 0 fully saturated rings. The molecular formula is C15H26N2O. The van der Waals surface area contributed by atoms with Crippen molar-refractivity contribution in [1.82, 2.24) is 5.43 Å². The third kappa shape index (κ3) is 3.80. The molecule has 0 saturated carbocycles. The largest absolute Gasteiger partial charge is 0.377 e. The maximum absolute atomic E-state index is 5.63. The Bertz CT molecular complexity index is 354. The van der Waals surface area contributed by atoms with Crippen LogP contribution in [0.25, 0.3) is 0 Å². The minimum absolute atomic E-state index is 0.0268. The van der Waals surface area contributed by atoms with Crippen molar-refractivity contribution < 1.29 is 4.74 Å². The highest BCUT2D eigenvalue weighted by Gasteiger charge is 2.19. The molecule has 0 heterocycles. The molecule has 3 N–H and O–H groups in total. The predicted octanol–water partition coefficient (Wildman–Crippen LogP) is 2.91. The molecule has 1 rings (SSSR count). The van der Waals surface area contributed by atoms with Crippen LogP contribution in [-0.2, 0) is 10.2 Å². The highest BCUT2D eigenvalue weighted by Crippen LogP contribution is 2.25. The van der Waals surface area contributed by atoms with Crippen LogP contribution in [0.15, 0.2) is 24.3 Å². The van der Waals surface area contributed by atoms with Crippen molar-refractivity contribution in [3.8, 4) is 0 Å². The minimum Gasteiger partial charge on any atom is -0.377 e. The van der Waals surface area contributed by atoms with Crippen LogP contribution in [0.1, 0.15) is 51.8 Å². The van der Waals surface area contributed by atoms with Gasteiger partial charge >= 0.3 is 0 Å². The van der Waals surface area contributed by atoms with Crippen LogP contribution in [0.3, 0.4) is 0 Å². The first-order valence-corrected chi connectivity index (χ1v) is 6.58. The molecule has 3 heteroatoms. The van der Waals surface area contributed by atoms with E-state index < -0.39 is 0 Å². The molecule has 0 aliphatic heterocycles. The van der Waals surface area contributed by atoms with E-state index in [2.05, 4.69) is 50.5 Å². The van der Waals surface area contributed by atoms with Gasteiger partial charge in [0.1, 0.15) is 0 Å². The van der Waals surface area contributed by atoms with E-state index in [0.29, 0.717) is 6.61 Å². The Labute approximate surface area is 111 Å². The first kappa shape index (κ1) is 15.2. The first-order chi connectivity index (χ1) is 8.40. The standard InChI is InChI=1S/C15H26N2O/c1-6-18-11(2)14(17-16)12-7-9-13(10-8-12)15(3,4)5/h7-11,14,17H,6,16H2,1-5H3. The Morgan fingerprint density at radius 3 is 2.17 bits per heavy atom. The third-order valence-electron chi connectivity index (χ3n) is 3.21. The molecule has 18 heavy (non-hydrogen) atoms. The lowest BCUT2D eigenvalue weighted by Crippen LogP contribution is -2.36. The van der Waals surface area contributed by atoms with Crippen LogP contribution >= 0.6 is 0 Å². The predicted molar refractivity (Wildman–Crippen MR) is 76.3 cm³/mol. The highest BCUT2D eigenvalue weighted by molar-refractivity contribution is 5.29. The zero-order chi connectivity index (χ0) is 13.8. The molecule has 0 bridgehead atoms. The fraction of sp³-hybridized carbons (Fsp3) is 0.600. The van der Waals surface area contributed by atoms with E-state index in [9.17, 15) is 0 Å². The molecule has 2 unspecified atom stereocenters. The molecule has 1 aromatic carbocycles. The molecule has 0 aromatic heterocycles. The molecule has 0 aliphatic carbocycles. The van der Waals surface area contributed by atoms with E-state index in [-0.39, 0.29) is 17.6 Å². The fourth-order valence-electron chi connectivity index (χ4n) is 2.05. The number of hydrazine groups is 1. The Kier molecular flexibility index (Phi) is 5.32. The van der Waals surface area contributed by atoms with Gasteiger partial charge in [-0.05, 0) is 30.4 Å². The zero-order valence-electron chi connectivity index (χ0n) is 12.2. The smallest absolute Gasteiger partial charge is 0.0754 e. The summed E-state index contributed by atoms with van der Waals surface area (Å²) in [5.74, 6) is 5.63. The minimum atomic E-state index is 0.0268. The molecule has 0 radical (unpaired) electrons.